The number of esters is 1. The maximum atomic E-state index is 14.0. The molecular formula is C26H46O2. The quantitative estimate of drug-likeness (QED) is 0.474. The standard InChI is InChI=1S/C26H46O2/c1-22(2,3)16-25(10,23(4,5)6)21(27)28-26(24(7,8)9)19-12-17-11-18(14-19)15-20(26)13-17/h17-20H,11-16H2,1-10H3. The second-order valence-corrected chi connectivity index (χ2v) is 14.1. The van der Waals surface area contributed by atoms with E-state index < -0.39 is 5.41 Å². The summed E-state index contributed by atoms with van der Waals surface area (Å²) in [5, 5.41) is 0. The summed E-state index contributed by atoms with van der Waals surface area (Å²) in [4.78, 5) is 14.0. The topological polar surface area (TPSA) is 26.3 Å². The van der Waals surface area contributed by atoms with Gasteiger partial charge < -0.3 is 4.74 Å². The molecule has 2 heteroatoms. The zero-order valence-electron chi connectivity index (χ0n) is 20.4. The van der Waals surface area contributed by atoms with Crippen molar-refractivity contribution in [1.29, 1.82) is 0 Å². The Kier molecular flexibility index (Phi) is 5.13. The molecule has 4 saturated carbocycles. The molecule has 2 nitrogen and oxygen atoms in total. The molecule has 4 rings (SSSR count). The summed E-state index contributed by atoms with van der Waals surface area (Å²) in [5.74, 6) is 2.90. The summed E-state index contributed by atoms with van der Waals surface area (Å²) in [5.41, 5.74) is -0.853. The lowest BCUT2D eigenvalue weighted by Gasteiger charge is -2.65. The van der Waals surface area contributed by atoms with Crippen molar-refractivity contribution in [2.45, 2.75) is 113 Å². The predicted molar refractivity (Wildman–Crippen MR) is 117 cm³/mol. The Hall–Kier alpha value is -0.530. The molecule has 4 bridgehead atoms. The van der Waals surface area contributed by atoms with Crippen LogP contribution in [0.3, 0.4) is 0 Å². The Balaban J connectivity index is 1.99. The van der Waals surface area contributed by atoms with Crippen molar-refractivity contribution in [1.82, 2.24) is 0 Å². The Morgan fingerprint density at radius 3 is 1.54 bits per heavy atom. The van der Waals surface area contributed by atoms with Crippen LogP contribution >= 0.6 is 0 Å². The molecule has 0 amide bonds. The lowest BCUT2D eigenvalue weighted by molar-refractivity contribution is -0.255. The van der Waals surface area contributed by atoms with Crippen LogP contribution in [0.1, 0.15) is 108 Å². The average Bonchev–Trinajstić information content (AvgIpc) is 2.45. The average molecular weight is 391 g/mol. The van der Waals surface area contributed by atoms with E-state index in [0.717, 1.165) is 18.3 Å². The molecular weight excluding hydrogens is 344 g/mol. The van der Waals surface area contributed by atoms with Crippen molar-refractivity contribution in [2.24, 2.45) is 45.3 Å². The van der Waals surface area contributed by atoms with Gasteiger partial charge >= 0.3 is 5.97 Å². The van der Waals surface area contributed by atoms with E-state index in [0.29, 0.717) is 11.8 Å². The summed E-state index contributed by atoms with van der Waals surface area (Å²) in [6, 6.07) is 0. The van der Waals surface area contributed by atoms with Crippen LogP contribution in [0.4, 0.5) is 0 Å². The summed E-state index contributed by atoms with van der Waals surface area (Å²) in [6.07, 6.45) is 7.34. The number of rotatable bonds is 3. The summed E-state index contributed by atoms with van der Waals surface area (Å²) < 4.78 is 6.88. The van der Waals surface area contributed by atoms with Crippen LogP contribution < -0.4 is 0 Å². The molecule has 4 fully saturated rings. The highest BCUT2D eigenvalue weighted by atomic mass is 16.6. The van der Waals surface area contributed by atoms with Gasteiger partial charge in [0.25, 0.3) is 0 Å². The van der Waals surface area contributed by atoms with Crippen LogP contribution in [-0.2, 0) is 9.53 Å². The number of carbonyl (C=O) groups excluding carboxylic acids is 1. The Labute approximate surface area is 174 Å². The highest BCUT2D eigenvalue weighted by Gasteiger charge is 2.65. The molecule has 0 heterocycles. The normalized spacial score (nSPS) is 37.6. The molecule has 0 aliphatic heterocycles. The lowest BCUT2D eigenvalue weighted by Crippen LogP contribution is -2.66. The van der Waals surface area contributed by atoms with E-state index in [1.165, 1.54) is 32.1 Å². The number of hydrogen-bond acceptors (Lipinski definition) is 2. The number of ether oxygens (including phenoxy) is 1. The second-order valence-electron chi connectivity index (χ2n) is 14.1. The first-order chi connectivity index (χ1) is 12.5. The van der Waals surface area contributed by atoms with Crippen LogP contribution in [0, 0.1) is 45.3 Å². The SMILES string of the molecule is CC(C)(C)CC(C)(C(=O)OC1(C(C)(C)C)C2CC3CC(C2)CC1C3)C(C)(C)C. The maximum Gasteiger partial charge on any atom is 0.312 e. The zero-order valence-corrected chi connectivity index (χ0v) is 20.4. The third kappa shape index (κ3) is 3.45. The van der Waals surface area contributed by atoms with Gasteiger partial charge in [-0.05, 0) is 68.1 Å². The predicted octanol–water partition coefficient (Wildman–Crippen LogP) is 7.26. The molecule has 1 unspecified atom stereocenters. The van der Waals surface area contributed by atoms with Gasteiger partial charge in [0.2, 0.25) is 0 Å². The largest absolute Gasteiger partial charge is 0.457 e. The molecule has 4 aliphatic carbocycles. The smallest absolute Gasteiger partial charge is 0.312 e. The van der Waals surface area contributed by atoms with Crippen molar-refractivity contribution < 1.29 is 9.53 Å². The Morgan fingerprint density at radius 1 is 0.786 bits per heavy atom. The molecule has 1 atom stereocenters. The van der Waals surface area contributed by atoms with Gasteiger partial charge in [-0.25, -0.2) is 0 Å². The fourth-order valence-corrected chi connectivity index (χ4v) is 7.40. The minimum atomic E-state index is -0.488. The lowest BCUT2D eigenvalue weighted by atomic mass is 9.44. The fraction of sp³-hybridized carbons (Fsp3) is 0.962. The van der Waals surface area contributed by atoms with Crippen LogP contribution in [0.15, 0.2) is 0 Å². The molecule has 0 aromatic rings. The van der Waals surface area contributed by atoms with Crippen molar-refractivity contribution >= 4 is 5.97 Å². The van der Waals surface area contributed by atoms with Gasteiger partial charge in [-0.2, -0.15) is 0 Å². The van der Waals surface area contributed by atoms with E-state index in [1.807, 2.05) is 0 Å². The van der Waals surface area contributed by atoms with Crippen LogP contribution in [0.5, 0.6) is 0 Å². The molecule has 162 valence electrons. The van der Waals surface area contributed by atoms with E-state index in [4.69, 9.17) is 4.74 Å². The third-order valence-corrected chi connectivity index (χ3v) is 8.77. The van der Waals surface area contributed by atoms with Crippen molar-refractivity contribution in [2.75, 3.05) is 0 Å². The molecule has 28 heavy (non-hydrogen) atoms. The van der Waals surface area contributed by atoms with Crippen LogP contribution in [0.25, 0.3) is 0 Å². The van der Waals surface area contributed by atoms with E-state index in [1.54, 1.807) is 0 Å². The van der Waals surface area contributed by atoms with Crippen LogP contribution in [0.2, 0.25) is 0 Å². The molecule has 0 aromatic heterocycles. The van der Waals surface area contributed by atoms with Gasteiger partial charge in [-0.15, -0.1) is 0 Å². The maximum absolute atomic E-state index is 14.0. The van der Waals surface area contributed by atoms with Crippen LogP contribution in [-0.4, -0.2) is 11.6 Å². The highest BCUT2D eigenvalue weighted by Crippen LogP contribution is 2.65. The first-order valence-electron chi connectivity index (χ1n) is 11.7. The van der Waals surface area contributed by atoms with E-state index >= 15 is 0 Å². The molecule has 0 aromatic carbocycles. The first-order valence-corrected chi connectivity index (χ1v) is 11.7. The number of hydrogen-bond donors (Lipinski definition) is 0. The van der Waals surface area contributed by atoms with E-state index in [-0.39, 0.29) is 27.8 Å². The van der Waals surface area contributed by atoms with Gasteiger partial charge in [0, 0.05) is 17.3 Å². The van der Waals surface area contributed by atoms with Gasteiger partial charge in [-0.3, -0.25) is 4.79 Å². The van der Waals surface area contributed by atoms with Crippen molar-refractivity contribution in [3.8, 4) is 0 Å². The van der Waals surface area contributed by atoms with Crippen molar-refractivity contribution in [3.63, 3.8) is 0 Å². The zero-order chi connectivity index (χ0) is 21.3. The molecule has 0 N–H and O–H groups in total. The summed E-state index contributed by atoms with van der Waals surface area (Å²) in [7, 11) is 0. The summed E-state index contributed by atoms with van der Waals surface area (Å²) in [6.45, 7) is 22.5. The minimum absolute atomic E-state index is 0.0220. The Morgan fingerprint density at radius 2 is 1.21 bits per heavy atom. The van der Waals surface area contributed by atoms with Gasteiger partial charge in [0.05, 0.1) is 5.41 Å². The van der Waals surface area contributed by atoms with E-state index in [2.05, 4.69) is 69.2 Å². The fourth-order valence-electron chi connectivity index (χ4n) is 7.40. The molecule has 0 spiro atoms. The number of carbonyl (C=O) groups is 1. The third-order valence-electron chi connectivity index (χ3n) is 8.77. The molecule has 0 saturated heterocycles. The molecule has 0 radical (unpaired) electrons. The summed E-state index contributed by atoms with van der Waals surface area (Å²) >= 11 is 0. The second kappa shape index (κ2) is 6.48. The van der Waals surface area contributed by atoms with E-state index in [9.17, 15) is 4.79 Å². The first kappa shape index (κ1) is 22.2. The Bertz CT molecular complexity index is 582. The molecule has 4 aliphatic rings. The minimum Gasteiger partial charge on any atom is -0.457 e. The van der Waals surface area contributed by atoms with Gasteiger partial charge in [-0.1, -0.05) is 62.3 Å². The highest BCUT2D eigenvalue weighted by molar-refractivity contribution is 5.78. The van der Waals surface area contributed by atoms with Gasteiger partial charge in [0.1, 0.15) is 5.60 Å². The monoisotopic (exact) mass is 390 g/mol. The van der Waals surface area contributed by atoms with Gasteiger partial charge in [0.15, 0.2) is 0 Å². The van der Waals surface area contributed by atoms with Crippen molar-refractivity contribution in [3.05, 3.63) is 0 Å².